The Hall–Kier alpha value is -2.24. The molecule has 0 aliphatic heterocycles. The smallest absolute Gasteiger partial charge is 0.338 e. The van der Waals surface area contributed by atoms with E-state index in [2.05, 4.69) is 31.9 Å². The van der Waals surface area contributed by atoms with Crippen LogP contribution in [0.5, 0.6) is 0 Å². The summed E-state index contributed by atoms with van der Waals surface area (Å²) in [5.41, 5.74) is 1.73. The number of Topliss-reactive ketones (excluding diaryl/α,β-unsaturated/α-hetero) is 1. The van der Waals surface area contributed by atoms with Crippen LogP contribution < -0.4 is 0 Å². The number of halogens is 2. The highest BCUT2D eigenvalue weighted by atomic mass is 79.9. The van der Waals surface area contributed by atoms with Crippen molar-refractivity contribution in [1.82, 2.24) is 0 Å². The Balaban J connectivity index is 1.90. The van der Waals surface area contributed by atoms with Gasteiger partial charge >= 0.3 is 5.97 Å². The first-order valence-electron chi connectivity index (χ1n) is 8.31. The lowest BCUT2D eigenvalue weighted by Gasteiger charge is -2.22. The molecule has 3 rings (SSSR count). The number of alkyl halides is 1. The minimum absolute atomic E-state index is 0.258. The Labute approximate surface area is 174 Å². The fraction of sp³-hybridized carbons (Fsp3) is 0.0909. The molecule has 0 aliphatic carbocycles. The number of carbonyl (C=O) groups is 2. The Kier molecular flexibility index (Phi) is 6.58. The van der Waals surface area contributed by atoms with E-state index in [4.69, 9.17) is 4.74 Å². The van der Waals surface area contributed by atoms with Crippen molar-refractivity contribution < 1.29 is 14.3 Å². The molecule has 0 radical (unpaired) electrons. The summed E-state index contributed by atoms with van der Waals surface area (Å²) in [5, 5.41) is 0. The van der Waals surface area contributed by atoms with Gasteiger partial charge in [-0.05, 0) is 29.8 Å². The van der Waals surface area contributed by atoms with Crippen molar-refractivity contribution in [3.63, 3.8) is 0 Å². The highest BCUT2D eigenvalue weighted by Gasteiger charge is 2.32. The van der Waals surface area contributed by atoms with E-state index >= 15 is 0 Å². The first kappa shape index (κ1) is 19.5. The predicted molar refractivity (Wildman–Crippen MR) is 112 cm³/mol. The Morgan fingerprint density at radius 3 is 1.89 bits per heavy atom. The van der Waals surface area contributed by atoms with Crippen LogP contribution in [0, 0.1) is 0 Å². The Morgan fingerprint density at radius 1 is 0.741 bits per heavy atom. The molecule has 0 spiro atoms. The molecule has 3 nitrogen and oxygen atoms in total. The average molecular weight is 488 g/mol. The predicted octanol–water partition coefficient (Wildman–Crippen LogP) is 5.99. The molecule has 136 valence electrons. The van der Waals surface area contributed by atoms with Crippen molar-refractivity contribution in [2.75, 3.05) is 0 Å². The lowest BCUT2D eigenvalue weighted by molar-refractivity contribution is 0.0282. The molecule has 3 aromatic carbocycles. The van der Waals surface area contributed by atoms with Gasteiger partial charge in [-0.15, -0.1) is 0 Å². The summed E-state index contributed by atoms with van der Waals surface area (Å²) in [7, 11) is 0. The van der Waals surface area contributed by atoms with Crippen LogP contribution in [0.4, 0.5) is 0 Å². The standard InChI is InChI=1S/C22H16Br2O3/c23-18-13-11-17(12-14-18)22(26)27-21(19(24)15-7-3-1-4-8-15)20(25)16-9-5-2-6-10-16/h1-14,19,21H/t19-,21-/m1/s1. The quantitative estimate of drug-likeness (QED) is 0.243. The number of hydrogen-bond acceptors (Lipinski definition) is 3. The summed E-state index contributed by atoms with van der Waals surface area (Å²) in [4.78, 5) is 25.2. The van der Waals surface area contributed by atoms with Crippen molar-refractivity contribution in [2.24, 2.45) is 0 Å². The molecule has 0 aromatic heterocycles. The van der Waals surface area contributed by atoms with Crippen LogP contribution in [0.25, 0.3) is 0 Å². The van der Waals surface area contributed by atoms with E-state index in [1.165, 1.54) is 0 Å². The molecular formula is C22H16Br2O3. The van der Waals surface area contributed by atoms with Crippen LogP contribution >= 0.6 is 31.9 Å². The summed E-state index contributed by atoms with van der Waals surface area (Å²) in [5.74, 6) is -0.802. The van der Waals surface area contributed by atoms with E-state index in [0.717, 1.165) is 10.0 Å². The summed E-state index contributed by atoms with van der Waals surface area (Å²) in [6.45, 7) is 0. The number of benzene rings is 3. The van der Waals surface area contributed by atoms with E-state index in [9.17, 15) is 9.59 Å². The van der Waals surface area contributed by atoms with Gasteiger partial charge in [0.1, 0.15) is 0 Å². The molecular weight excluding hydrogens is 472 g/mol. The zero-order chi connectivity index (χ0) is 19.2. The van der Waals surface area contributed by atoms with Gasteiger partial charge in [-0.2, -0.15) is 0 Å². The molecule has 2 atom stereocenters. The van der Waals surface area contributed by atoms with Crippen molar-refractivity contribution in [1.29, 1.82) is 0 Å². The van der Waals surface area contributed by atoms with Gasteiger partial charge in [0, 0.05) is 10.0 Å². The summed E-state index contributed by atoms with van der Waals surface area (Å²) in [6.07, 6.45) is -0.994. The molecule has 0 fully saturated rings. The van der Waals surface area contributed by atoms with Crippen LogP contribution in [-0.4, -0.2) is 17.9 Å². The van der Waals surface area contributed by atoms with E-state index in [1.807, 2.05) is 36.4 Å². The molecule has 0 amide bonds. The lowest BCUT2D eigenvalue weighted by Crippen LogP contribution is -2.31. The topological polar surface area (TPSA) is 43.4 Å². The van der Waals surface area contributed by atoms with Gasteiger partial charge in [0.2, 0.25) is 5.78 Å². The fourth-order valence-corrected chi connectivity index (χ4v) is 3.51. The van der Waals surface area contributed by atoms with E-state index < -0.39 is 16.9 Å². The summed E-state index contributed by atoms with van der Waals surface area (Å²) < 4.78 is 6.52. The first-order chi connectivity index (χ1) is 13.1. The average Bonchev–Trinajstić information content (AvgIpc) is 2.72. The molecule has 27 heavy (non-hydrogen) atoms. The van der Waals surface area contributed by atoms with Gasteiger partial charge in [0.15, 0.2) is 6.10 Å². The van der Waals surface area contributed by atoms with Crippen LogP contribution in [0.3, 0.4) is 0 Å². The molecule has 0 aliphatic rings. The van der Waals surface area contributed by atoms with E-state index in [-0.39, 0.29) is 5.78 Å². The SMILES string of the molecule is O=C(O[C@@H](C(=O)c1ccccc1)[C@H](Br)c1ccccc1)c1ccc(Br)cc1. The fourth-order valence-electron chi connectivity index (χ4n) is 2.59. The second kappa shape index (κ2) is 9.11. The number of rotatable bonds is 6. The van der Waals surface area contributed by atoms with Crippen LogP contribution in [-0.2, 0) is 4.74 Å². The van der Waals surface area contributed by atoms with Crippen molar-refractivity contribution >= 4 is 43.6 Å². The van der Waals surface area contributed by atoms with Crippen LogP contribution in [0.2, 0.25) is 0 Å². The van der Waals surface area contributed by atoms with Gasteiger partial charge in [-0.1, -0.05) is 92.5 Å². The monoisotopic (exact) mass is 486 g/mol. The third-order valence-corrected chi connectivity index (χ3v) is 5.55. The maximum Gasteiger partial charge on any atom is 0.338 e. The molecule has 0 N–H and O–H groups in total. The lowest BCUT2D eigenvalue weighted by atomic mass is 9.99. The van der Waals surface area contributed by atoms with E-state index in [0.29, 0.717) is 11.1 Å². The van der Waals surface area contributed by atoms with Gasteiger partial charge in [0.25, 0.3) is 0 Å². The molecule has 0 bridgehead atoms. The van der Waals surface area contributed by atoms with Gasteiger partial charge in [-0.3, -0.25) is 4.79 Å². The zero-order valence-electron chi connectivity index (χ0n) is 14.2. The minimum Gasteiger partial charge on any atom is -0.449 e. The second-order valence-corrected chi connectivity index (χ2v) is 7.78. The third kappa shape index (κ3) is 4.93. The zero-order valence-corrected chi connectivity index (χ0v) is 17.4. The van der Waals surface area contributed by atoms with Crippen molar-refractivity contribution in [2.45, 2.75) is 10.9 Å². The summed E-state index contributed by atoms with van der Waals surface area (Å²) >= 11 is 6.90. The molecule has 3 aromatic rings. The number of ether oxygens (including phenoxy) is 1. The molecule has 0 saturated carbocycles. The number of esters is 1. The van der Waals surface area contributed by atoms with Crippen LogP contribution in [0.15, 0.2) is 89.4 Å². The molecule has 0 unspecified atom stereocenters. The first-order valence-corrected chi connectivity index (χ1v) is 10.0. The minimum atomic E-state index is -0.994. The molecule has 0 saturated heterocycles. The van der Waals surface area contributed by atoms with Crippen molar-refractivity contribution in [3.05, 3.63) is 106 Å². The molecule has 0 heterocycles. The Morgan fingerprint density at radius 2 is 1.30 bits per heavy atom. The highest BCUT2D eigenvalue weighted by molar-refractivity contribution is 9.10. The van der Waals surface area contributed by atoms with Crippen molar-refractivity contribution in [3.8, 4) is 0 Å². The molecule has 5 heteroatoms. The third-order valence-electron chi connectivity index (χ3n) is 4.01. The van der Waals surface area contributed by atoms with Crippen LogP contribution in [0.1, 0.15) is 31.1 Å². The maximum atomic E-state index is 13.1. The van der Waals surface area contributed by atoms with Gasteiger partial charge in [-0.25, -0.2) is 4.79 Å². The highest BCUT2D eigenvalue weighted by Crippen LogP contribution is 2.31. The van der Waals surface area contributed by atoms with E-state index in [1.54, 1.807) is 48.5 Å². The maximum absolute atomic E-state index is 13.1. The number of carbonyl (C=O) groups excluding carboxylic acids is 2. The van der Waals surface area contributed by atoms with Gasteiger partial charge in [0.05, 0.1) is 10.4 Å². The number of hydrogen-bond donors (Lipinski definition) is 0. The second-order valence-electron chi connectivity index (χ2n) is 5.88. The number of ketones is 1. The Bertz CT molecular complexity index is 909. The normalized spacial score (nSPS) is 12.8. The largest absolute Gasteiger partial charge is 0.449 e. The van der Waals surface area contributed by atoms with Gasteiger partial charge < -0.3 is 4.74 Å². The summed E-state index contributed by atoms with van der Waals surface area (Å²) in [6, 6.07) is 25.1.